The maximum Gasteiger partial charge on any atom is 0.152 e. The molecule has 2 rings (SSSR count). The lowest BCUT2D eigenvalue weighted by atomic mass is 10.2. The van der Waals surface area contributed by atoms with Crippen molar-refractivity contribution in [3.8, 4) is 0 Å². The summed E-state index contributed by atoms with van der Waals surface area (Å²) in [6, 6.07) is 7.29. The van der Waals surface area contributed by atoms with Gasteiger partial charge in [-0.25, -0.2) is 5.43 Å². The third-order valence-corrected chi connectivity index (χ3v) is 3.07. The van der Waals surface area contributed by atoms with Gasteiger partial charge in [0.1, 0.15) is 11.8 Å². The van der Waals surface area contributed by atoms with E-state index in [1.165, 1.54) is 0 Å². The summed E-state index contributed by atoms with van der Waals surface area (Å²) in [5.41, 5.74) is 3.34. The van der Waals surface area contributed by atoms with E-state index in [9.17, 15) is 0 Å². The number of nitrogens with one attached hydrogen (secondary N) is 1. The lowest BCUT2D eigenvalue weighted by Gasteiger charge is -2.13. The maximum atomic E-state index is 6.07. The lowest BCUT2D eigenvalue weighted by molar-refractivity contribution is 0.0557. The highest BCUT2D eigenvalue weighted by molar-refractivity contribution is 6.34. The first-order valence-corrected chi connectivity index (χ1v) is 6.35. The summed E-state index contributed by atoms with van der Waals surface area (Å²) in [4.78, 5) is 0. The second kappa shape index (κ2) is 6.88. The molecule has 1 atom stereocenters. The van der Waals surface area contributed by atoms with Crippen molar-refractivity contribution in [1.82, 2.24) is 5.43 Å². The minimum atomic E-state index is -0.222. The number of methoxy groups -OCH3 is 1. The van der Waals surface area contributed by atoms with Crippen LogP contribution in [0, 0.1) is 0 Å². The number of furan rings is 1. The maximum absolute atomic E-state index is 6.07. The second-order valence-electron chi connectivity index (χ2n) is 4.09. The van der Waals surface area contributed by atoms with Gasteiger partial charge >= 0.3 is 0 Å². The second-order valence-corrected chi connectivity index (χ2v) is 4.50. The first kappa shape index (κ1) is 14.3. The highest BCUT2D eigenvalue weighted by Crippen LogP contribution is 2.29. The van der Waals surface area contributed by atoms with Gasteiger partial charge in [-0.05, 0) is 12.1 Å². The van der Waals surface area contributed by atoms with E-state index < -0.39 is 0 Å². The van der Waals surface area contributed by atoms with Gasteiger partial charge in [-0.2, -0.15) is 0 Å². The Balaban J connectivity index is 2.10. The van der Waals surface area contributed by atoms with Crippen LogP contribution < -0.4 is 11.3 Å². The molecule has 0 aliphatic heterocycles. The molecule has 5 nitrogen and oxygen atoms in total. The molecule has 0 aliphatic rings. The predicted molar refractivity (Wildman–Crippen MR) is 74.0 cm³/mol. The Morgan fingerprint density at radius 3 is 2.95 bits per heavy atom. The Morgan fingerprint density at radius 2 is 2.26 bits per heavy atom. The lowest BCUT2D eigenvalue weighted by Crippen LogP contribution is -2.31. The summed E-state index contributed by atoms with van der Waals surface area (Å²) in [5.74, 6) is 6.22. The molecule has 0 bridgehead atoms. The zero-order valence-electron chi connectivity index (χ0n) is 10.7. The van der Waals surface area contributed by atoms with Crippen LogP contribution in [0.5, 0.6) is 0 Å². The monoisotopic (exact) mass is 284 g/mol. The van der Waals surface area contributed by atoms with Gasteiger partial charge in [0.25, 0.3) is 0 Å². The number of rotatable bonds is 7. The van der Waals surface area contributed by atoms with Gasteiger partial charge in [-0.15, -0.1) is 0 Å². The predicted octanol–water partition coefficient (Wildman–Crippen LogP) is 2.25. The Morgan fingerprint density at radius 1 is 1.42 bits per heavy atom. The van der Waals surface area contributed by atoms with Crippen molar-refractivity contribution in [2.24, 2.45) is 5.84 Å². The van der Waals surface area contributed by atoms with Crippen molar-refractivity contribution in [1.29, 1.82) is 0 Å². The number of para-hydroxylation sites is 1. The fourth-order valence-corrected chi connectivity index (χ4v) is 2.00. The van der Waals surface area contributed by atoms with Gasteiger partial charge in [0.2, 0.25) is 0 Å². The summed E-state index contributed by atoms with van der Waals surface area (Å²) in [6.07, 6.45) is 0. The Labute approximate surface area is 116 Å². The van der Waals surface area contributed by atoms with Crippen LogP contribution in [0.1, 0.15) is 11.8 Å². The first-order chi connectivity index (χ1) is 9.26. The van der Waals surface area contributed by atoms with E-state index in [0.29, 0.717) is 36.2 Å². The smallest absolute Gasteiger partial charge is 0.152 e. The molecule has 1 aromatic heterocycles. The number of fused-ring (bicyclic) bond motifs is 1. The van der Waals surface area contributed by atoms with Crippen LogP contribution in [0.25, 0.3) is 11.0 Å². The Hall–Kier alpha value is -1.11. The van der Waals surface area contributed by atoms with Crippen molar-refractivity contribution in [3.63, 3.8) is 0 Å². The van der Waals surface area contributed by atoms with Gasteiger partial charge in [-0.3, -0.25) is 5.84 Å². The van der Waals surface area contributed by atoms with E-state index in [4.69, 9.17) is 31.3 Å². The molecule has 1 heterocycles. The first-order valence-electron chi connectivity index (χ1n) is 5.97. The molecule has 19 heavy (non-hydrogen) atoms. The minimum Gasteiger partial charge on any atom is -0.458 e. The third kappa shape index (κ3) is 3.46. The van der Waals surface area contributed by atoms with E-state index in [1.807, 2.05) is 18.2 Å². The molecule has 0 radical (unpaired) electrons. The molecule has 0 amide bonds. The molecular weight excluding hydrogens is 268 g/mol. The number of hydrogen-bond acceptors (Lipinski definition) is 5. The van der Waals surface area contributed by atoms with Crippen LogP contribution in [-0.2, 0) is 9.47 Å². The van der Waals surface area contributed by atoms with E-state index in [0.717, 1.165) is 5.39 Å². The largest absolute Gasteiger partial charge is 0.458 e. The molecule has 1 unspecified atom stereocenters. The number of halogens is 1. The molecule has 0 fully saturated rings. The molecule has 1 aromatic carbocycles. The summed E-state index contributed by atoms with van der Waals surface area (Å²) in [5, 5.41) is 1.53. The third-order valence-electron chi connectivity index (χ3n) is 2.78. The zero-order valence-corrected chi connectivity index (χ0v) is 11.4. The number of nitrogens with two attached hydrogens (primary N) is 1. The van der Waals surface area contributed by atoms with Gasteiger partial charge in [0.05, 0.1) is 24.8 Å². The van der Waals surface area contributed by atoms with Gasteiger partial charge in [0, 0.05) is 12.5 Å². The van der Waals surface area contributed by atoms with Gasteiger partial charge in [-0.1, -0.05) is 23.7 Å². The van der Waals surface area contributed by atoms with Crippen LogP contribution in [0.2, 0.25) is 5.02 Å². The quantitative estimate of drug-likeness (QED) is 0.464. The molecule has 0 spiro atoms. The summed E-state index contributed by atoms with van der Waals surface area (Å²) < 4.78 is 16.1. The van der Waals surface area contributed by atoms with E-state index in [2.05, 4.69) is 5.43 Å². The SMILES string of the molecule is COCCOCC(NN)c1cc2cccc(Cl)c2o1. The number of hydrazine groups is 1. The molecule has 3 N–H and O–H groups in total. The van der Waals surface area contributed by atoms with Crippen LogP contribution in [0.15, 0.2) is 28.7 Å². The van der Waals surface area contributed by atoms with E-state index >= 15 is 0 Å². The van der Waals surface area contributed by atoms with E-state index in [-0.39, 0.29) is 6.04 Å². The van der Waals surface area contributed by atoms with Gasteiger partial charge in [0.15, 0.2) is 5.58 Å². The van der Waals surface area contributed by atoms with Crippen molar-refractivity contribution in [3.05, 3.63) is 35.0 Å². The van der Waals surface area contributed by atoms with Crippen LogP contribution in [0.4, 0.5) is 0 Å². The molecule has 6 heteroatoms. The molecule has 2 aromatic rings. The van der Waals surface area contributed by atoms with Crippen molar-refractivity contribution >= 4 is 22.6 Å². The molecule has 0 saturated carbocycles. The average molecular weight is 285 g/mol. The normalized spacial score (nSPS) is 13.0. The van der Waals surface area contributed by atoms with Crippen molar-refractivity contribution in [2.45, 2.75) is 6.04 Å². The number of hydrogen-bond donors (Lipinski definition) is 2. The van der Waals surface area contributed by atoms with Crippen molar-refractivity contribution < 1.29 is 13.9 Å². The van der Waals surface area contributed by atoms with Crippen LogP contribution in [0.3, 0.4) is 0 Å². The number of benzene rings is 1. The minimum absolute atomic E-state index is 0.222. The fourth-order valence-electron chi connectivity index (χ4n) is 1.77. The van der Waals surface area contributed by atoms with E-state index in [1.54, 1.807) is 13.2 Å². The molecular formula is C13H17ClN2O3. The standard InChI is InChI=1S/C13H17ClN2O3/c1-17-5-6-18-8-11(16-15)12-7-9-3-2-4-10(14)13(9)19-12/h2-4,7,11,16H,5-6,8,15H2,1H3. The number of ether oxygens (including phenoxy) is 2. The van der Waals surface area contributed by atoms with Gasteiger partial charge < -0.3 is 13.9 Å². The summed E-state index contributed by atoms with van der Waals surface area (Å²) >= 11 is 6.07. The summed E-state index contributed by atoms with van der Waals surface area (Å²) in [6.45, 7) is 1.45. The van der Waals surface area contributed by atoms with Crippen LogP contribution >= 0.6 is 11.6 Å². The molecule has 0 saturated heterocycles. The Kier molecular flexibility index (Phi) is 5.18. The molecule has 0 aliphatic carbocycles. The highest BCUT2D eigenvalue weighted by atomic mass is 35.5. The average Bonchev–Trinajstić information content (AvgIpc) is 2.84. The Bertz CT molecular complexity index is 530. The fraction of sp³-hybridized carbons (Fsp3) is 0.385. The summed E-state index contributed by atoms with van der Waals surface area (Å²) in [7, 11) is 1.63. The highest BCUT2D eigenvalue weighted by Gasteiger charge is 2.16. The molecule has 104 valence electrons. The topological polar surface area (TPSA) is 69.7 Å². The van der Waals surface area contributed by atoms with Crippen molar-refractivity contribution in [2.75, 3.05) is 26.9 Å². The zero-order chi connectivity index (χ0) is 13.7. The van der Waals surface area contributed by atoms with Crippen LogP contribution in [-0.4, -0.2) is 26.9 Å².